The molecule has 1 atom stereocenters. The molecule has 6 nitrogen and oxygen atoms in total. The largest absolute Gasteiger partial charge is 0.463 e. The topological polar surface area (TPSA) is 90.8 Å². The van der Waals surface area contributed by atoms with Crippen LogP contribution in [0, 0.1) is 0 Å². The summed E-state index contributed by atoms with van der Waals surface area (Å²) >= 11 is 0. The standard InChI is InChI=1S/C12H25N3O3/c13-4-2-1-3-11(14)12(16)18-10-7-15-5-8-17-9-6-15/h11H,1-10,13-14H2/t11-/m0/s1. The van der Waals surface area contributed by atoms with Crippen molar-refractivity contribution in [1.29, 1.82) is 0 Å². The Kier molecular flexibility index (Phi) is 7.91. The molecule has 1 aliphatic heterocycles. The summed E-state index contributed by atoms with van der Waals surface area (Å²) in [5, 5.41) is 0. The van der Waals surface area contributed by atoms with Gasteiger partial charge in [-0.3, -0.25) is 9.69 Å². The highest BCUT2D eigenvalue weighted by Crippen LogP contribution is 2.01. The number of nitrogens with zero attached hydrogens (tertiary/aromatic N) is 1. The summed E-state index contributed by atoms with van der Waals surface area (Å²) in [6.45, 7) is 5.12. The van der Waals surface area contributed by atoms with Crippen molar-refractivity contribution in [2.45, 2.75) is 25.3 Å². The molecule has 0 aliphatic carbocycles. The average molecular weight is 259 g/mol. The highest BCUT2D eigenvalue weighted by Gasteiger charge is 2.15. The maximum atomic E-state index is 11.6. The Balaban J connectivity index is 2.04. The summed E-state index contributed by atoms with van der Waals surface area (Å²) in [5.41, 5.74) is 11.1. The third kappa shape index (κ3) is 6.30. The SMILES string of the molecule is NCCCC[C@H](N)C(=O)OCCN1CCOCC1. The number of esters is 1. The molecule has 0 aromatic heterocycles. The second kappa shape index (κ2) is 9.27. The summed E-state index contributed by atoms with van der Waals surface area (Å²) in [4.78, 5) is 13.8. The number of ether oxygens (including phenoxy) is 2. The van der Waals surface area contributed by atoms with Crippen LogP contribution < -0.4 is 11.5 Å². The predicted molar refractivity (Wildman–Crippen MR) is 69.1 cm³/mol. The van der Waals surface area contributed by atoms with Gasteiger partial charge in [-0.2, -0.15) is 0 Å². The van der Waals surface area contributed by atoms with Gasteiger partial charge in [-0.1, -0.05) is 6.42 Å². The Bertz CT molecular complexity index is 233. The monoisotopic (exact) mass is 259 g/mol. The molecule has 1 fully saturated rings. The molecule has 18 heavy (non-hydrogen) atoms. The van der Waals surface area contributed by atoms with Gasteiger partial charge in [-0.15, -0.1) is 0 Å². The van der Waals surface area contributed by atoms with E-state index < -0.39 is 6.04 Å². The van der Waals surface area contributed by atoms with Crippen molar-refractivity contribution in [2.24, 2.45) is 11.5 Å². The van der Waals surface area contributed by atoms with E-state index in [-0.39, 0.29) is 5.97 Å². The number of carbonyl (C=O) groups excluding carboxylic acids is 1. The van der Waals surface area contributed by atoms with Gasteiger partial charge < -0.3 is 20.9 Å². The lowest BCUT2D eigenvalue weighted by molar-refractivity contribution is -0.146. The molecular weight excluding hydrogens is 234 g/mol. The van der Waals surface area contributed by atoms with Crippen LogP contribution in [0.15, 0.2) is 0 Å². The van der Waals surface area contributed by atoms with E-state index >= 15 is 0 Å². The van der Waals surface area contributed by atoms with Crippen molar-refractivity contribution in [3.8, 4) is 0 Å². The minimum atomic E-state index is -0.513. The molecule has 0 bridgehead atoms. The van der Waals surface area contributed by atoms with Crippen LogP contribution in [0.5, 0.6) is 0 Å². The molecule has 1 aliphatic rings. The Morgan fingerprint density at radius 1 is 1.33 bits per heavy atom. The molecule has 1 rings (SSSR count). The first-order valence-electron chi connectivity index (χ1n) is 6.66. The highest BCUT2D eigenvalue weighted by atomic mass is 16.5. The van der Waals surface area contributed by atoms with E-state index in [1.165, 1.54) is 0 Å². The van der Waals surface area contributed by atoms with Crippen LogP contribution in [-0.2, 0) is 14.3 Å². The average Bonchev–Trinajstić information content (AvgIpc) is 2.40. The summed E-state index contributed by atoms with van der Waals surface area (Å²) in [5.74, 6) is -0.305. The van der Waals surface area contributed by atoms with Gasteiger partial charge in [0, 0.05) is 19.6 Å². The van der Waals surface area contributed by atoms with Crippen molar-refractivity contribution in [2.75, 3.05) is 46.0 Å². The number of morpholine rings is 1. The summed E-state index contributed by atoms with van der Waals surface area (Å²) < 4.78 is 10.4. The van der Waals surface area contributed by atoms with Crippen LogP contribution in [0.1, 0.15) is 19.3 Å². The van der Waals surface area contributed by atoms with Crippen LogP contribution in [0.2, 0.25) is 0 Å². The van der Waals surface area contributed by atoms with Crippen molar-refractivity contribution in [3.05, 3.63) is 0 Å². The van der Waals surface area contributed by atoms with E-state index in [1.54, 1.807) is 0 Å². The second-order valence-electron chi connectivity index (χ2n) is 4.51. The molecular formula is C12H25N3O3. The molecule has 106 valence electrons. The first-order chi connectivity index (χ1) is 8.74. The maximum absolute atomic E-state index is 11.6. The van der Waals surface area contributed by atoms with Gasteiger partial charge in [-0.05, 0) is 19.4 Å². The number of unbranched alkanes of at least 4 members (excludes halogenated alkanes) is 1. The fourth-order valence-electron chi connectivity index (χ4n) is 1.83. The zero-order valence-electron chi connectivity index (χ0n) is 11.0. The van der Waals surface area contributed by atoms with Gasteiger partial charge in [0.2, 0.25) is 0 Å². The van der Waals surface area contributed by atoms with E-state index in [0.29, 0.717) is 19.6 Å². The smallest absolute Gasteiger partial charge is 0.322 e. The first kappa shape index (κ1) is 15.4. The zero-order chi connectivity index (χ0) is 13.2. The fourth-order valence-corrected chi connectivity index (χ4v) is 1.83. The van der Waals surface area contributed by atoms with Crippen LogP contribution in [-0.4, -0.2) is 62.9 Å². The van der Waals surface area contributed by atoms with Gasteiger partial charge >= 0.3 is 5.97 Å². The van der Waals surface area contributed by atoms with E-state index in [9.17, 15) is 4.79 Å². The lowest BCUT2D eigenvalue weighted by atomic mass is 10.1. The summed E-state index contributed by atoms with van der Waals surface area (Å²) in [7, 11) is 0. The minimum absolute atomic E-state index is 0.305. The zero-order valence-corrected chi connectivity index (χ0v) is 11.0. The van der Waals surface area contributed by atoms with Crippen molar-refractivity contribution in [3.63, 3.8) is 0 Å². The van der Waals surface area contributed by atoms with Crippen LogP contribution >= 0.6 is 0 Å². The Hall–Kier alpha value is -0.690. The quantitative estimate of drug-likeness (QED) is 0.443. The van der Waals surface area contributed by atoms with Gasteiger partial charge in [0.15, 0.2) is 0 Å². The number of nitrogens with two attached hydrogens (primary N) is 2. The maximum Gasteiger partial charge on any atom is 0.322 e. The number of carbonyl (C=O) groups is 1. The van der Waals surface area contributed by atoms with Gasteiger partial charge in [0.05, 0.1) is 13.2 Å². The molecule has 0 amide bonds. The summed E-state index contributed by atoms with van der Waals surface area (Å²) in [6.07, 6.45) is 2.42. The van der Waals surface area contributed by atoms with E-state index in [2.05, 4.69) is 4.90 Å². The molecule has 1 saturated heterocycles. The lowest BCUT2D eigenvalue weighted by Gasteiger charge is -2.26. The Morgan fingerprint density at radius 2 is 2.06 bits per heavy atom. The molecule has 6 heteroatoms. The number of rotatable bonds is 8. The molecule has 0 aromatic rings. The van der Waals surface area contributed by atoms with Crippen LogP contribution in [0.25, 0.3) is 0 Å². The Labute approximate surface area is 109 Å². The molecule has 0 radical (unpaired) electrons. The van der Waals surface area contributed by atoms with Crippen molar-refractivity contribution in [1.82, 2.24) is 4.90 Å². The fraction of sp³-hybridized carbons (Fsp3) is 0.917. The minimum Gasteiger partial charge on any atom is -0.463 e. The molecule has 1 heterocycles. The third-order valence-electron chi connectivity index (χ3n) is 3.03. The molecule has 0 aromatic carbocycles. The number of hydrogen-bond donors (Lipinski definition) is 2. The van der Waals surface area contributed by atoms with Gasteiger partial charge in [-0.25, -0.2) is 0 Å². The summed E-state index contributed by atoms with van der Waals surface area (Å²) in [6, 6.07) is -0.513. The van der Waals surface area contributed by atoms with E-state index in [0.717, 1.165) is 45.7 Å². The highest BCUT2D eigenvalue weighted by molar-refractivity contribution is 5.75. The lowest BCUT2D eigenvalue weighted by Crippen LogP contribution is -2.39. The molecule has 0 saturated carbocycles. The number of hydrogen-bond acceptors (Lipinski definition) is 6. The predicted octanol–water partition coefficient (Wildman–Crippen LogP) is -0.682. The molecule has 0 unspecified atom stereocenters. The first-order valence-corrected chi connectivity index (χ1v) is 6.66. The van der Waals surface area contributed by atoms with Crippen molar-refractivity contribution < 1.29 is 14.3 Å². The van der Waals surface area contributed by atoms with Gasteiger partial charge in [0.1, 0.15) is 12.6 Å². The van der Waals surface area contributed by atoms with Gasteiger partial charge in [0.25, 0.3) is 0 Å². The Morgan fingerprint density at radius 3 is 2.72 bits per heavy atom. The van der Waals surface area contributed by atoms with E-state index in [1.807, 2.05) is 0 Å². The van der Waals surface area contributed by atoms with Crippen LogP contribution in [0.3, 0.4) is 0 Å². The second-order valence-corrected chi connectivity index (χ2v) is 4.51. The van der Waals surface area contributed by atoms with E-state index in [4.69, 9.17) is 20.9 Å². The molecule has 0 spiro atoms. The third-order valence-corrected chi connectivity index (χ3v) is 3.03. The van der Waals surface area contributed by atoms with Crippen LogP contribution in [0.4, 0.5) is 0 Å². The molecule has 4 N–H and O–H groups in total. The van der Waals surface area contributed by atoms with Crippen molar-refractivity contribution >= 4 is 5.97 Å². The normalized spacial score (nSPS) is 18.6.